The third kappa shape index (κ3) is 6.04. The largest absolute Gasteiger partial charge is 0.390 e. The van der Waals surface area contributed by atoms with E-state index in [4.69, 9.17) is 0 Å². The lowest BCUT2D eigenvalue weighted by molar-refractivity contribution is 0.0196. The average molecular weight is 578 g/mol. The van der Waals surface area contributed by atoms with Crippen LogP contribution in [0.15, 0.2) is 49.3 Å². The number of nitrogens with zero attached hydrogens (tertiary/aromatic N) is 7. The summed E-state index contributed by atoms with van der Waals surface area (Å²) in [4.78, 5) is 22.1. The molecule has 2 saturated carbocycles. The molecule has 0 amide bonds. The van der Waals surface area contributed by atoms with Crippen LogP contribution in [0.3, 0.4) is 0 Å². The third-order valence-electron chi connectivity index (χ3n) is 7.41. The molecule has 14 heteroatoms. The number of anilines is 3. The fourth-order valence-corrected chi connectivity index (χ4v) is 6.28. The first-order valence-corrected chi connectivity index (χ1v) is 15.0. The Morgan fingerprint density at radius 3 is 2.54 bits per heavy atom. The molecule has 0 unspecified atom stereocenters. The van der Waals surface area contributed by atoms with Gasteiger partial charge in [0, 0.05) is 35.8 Å². The Labute approximate surface area is 237 Å². The number of rotatable bonds is 9. The fraction of sp³-hybridized carbons (Fsp3) is 0.407. The molecule has 0 radical (unpaired) electrons. The molecular formula is C27H31N9O4S. The van der Waals surface area contributed by atoms with Crippen molar-refractivity contribution in [2.75, 3.05) is 10.6 Å². The maximum absolute atomic E-state index is 12.5. The van der Waals surface area contributed by atoms with Gasteiger partial charge in [0.1, 0.15) is 11.6 Å². The zero-order valence-electron chi connectivity index (χ0n) is 22.5. The normalized spacial score (nSPS) is 21.0. The Morgan fingerprint density at radius 1 is 1.02 bits per heavy atom. The van der Waals surface area contributed by atoms with E-state index in [1.54, 1.807) is 24.7 Å². The van der Waals surface area contributed by atoms with E-state index in [1.165, 1.54) is 18.6 Å². The van der Waals surface area contributed by atoms with Gasteiger partial charge in [0.25, 0.3) is 10.0 Å². The highest BCUT2D eigenvalue weighted by Crippen LogP contribution is 2.34. The molecule has 0 atom stereocenters. The Hall–Kier alpha value is -4.01. The molecule has 4 aromatic rings. The van der Waals surface area contributed by atoms with E-state index >= 15 is 0 Å². The van der Waals surface area contributed by atoms with Crippen LogP contribution < -0.4 is 10.6 Å². The molecule has 13 nitrogen and oxygen atoms in total. The van der Waals surface area contributed by atoms with Crippen LogP contribution in [-0.4, -0.2) is 69.6 Å². The predicted molar refractivity (Wildman–Crippen MR) is 152 cm³/mol. The first kappa shape index (κ1) is 27.2. The summed E-state index contributed by atoms with van der Waals surface area (Å²) in [5, 5.41) is 30.2. The molecule has 0 aliphatic heterocycles. The molecule has 0 spiro atoms. The summed E-state index contributed by atoms with van der Waals surface area (Å²) in [5.74, 6) is 1.33. The first-order chi connectivity index (χ1) is 19.7. The van der Waals surface area contributed by atoms with Crippen molar-refractivity contribution >= 4 is 27.3 Å². The van der Waals surface area contributed by atoms with E-state index in [-0.39, 0.29) is 17.9 Å². The van der Waals surface area contributed by atoms with Crippen LogP contribution in [0.4, 0.5) is 17.3 Å². The van der Waals surface area contributed by atoms with Gasteiger partial charge in [-0.3, -0.25) is 9.97 Å². The van der Waals surface area contributed by atoms with Gasteiger partial charge in [0.2, 0.25) is 0 Å². The average Bonchev–Trinajstić information content (AvgIpc) is 3.72. The molecule has 2 fully saturated rings. The second kappa shape index (κ2) is 10.8. The summed E-state index contributed by atoms with van der Waals surface area (Å²) in [6.07, 6.45) is 13.6. The lowest BCUT2D eigenvalue weighted by Crippen LogP contribution is -2.35. The summed E-state index contributed by atoms with van der Waals surface area (Å²) < 4.78 is 26.0. The fourth-order valence-electron chi connectivity index (χ4n) is 4.80. The third-order valence-corrected chi connectivity index (χ3v) is 9.44. The zero-order valence-corrected chi connectivity index (χ0v) is 23.3. The van der Waals surface area contributed by atoms with Gasteiger partial charge in [-0.1, -0.05) is 0 Å². The van der Waals surface area contributed by atoms with E-state index < -0.39 is 15.6 Å². The van der Waals surface area contributed by atoms with Crippen molar-refractivity contribution in [3.05, 3.63) is 55.0 Å². The van der Waals surface area contributed by atoms with Gasteiger partial charge < -0.3 is 20.8 Å². The molecule has 2 aliphatic rings. The van der Waals surface area contributed by atoms with Crippen molar-refractivity contribution in [1.29, 1.82) is 0 Å². The highest BCUT2D eigenvalue weighted by Gasteiger charge is 2.37. The smallest absolute Gasteiger partial charge is 0.256 e. The molecule has 4 N–H and O–H groups in total. The number of hydrogen-bond acceptors (Lipinski definition) is 12. The topological polar surface area (TPSA) is 181 Å². The van der Waals surface area contributed by atoms with E-state index in [2.05, 4.69) is 40.7 Å². The Bertz CT molecular complexity index is 1640. The van der Waals surface area contributed by atoms with E-state index in [0.29, 0.717) is 60.1 Å². The van der Waals surface area contributed by atoms with Gasteiger partial charge in [0.15, 0.2) is 5.82 Å². The van der Waals surface area contributed by atoms with Crippen molar-refractivity contribution in [3.63, 3.8) is 0 Å². The molecule has 6 rings (SSSR count). The van der Waals surface area contributed by atoms with E-state index in [0.717, 1.165) is 28.2 Å². The van der Waals surface area contributed by atoms with Crippen molar-refractivity contribution in [3.8, 4) is 22.6 Å². The monoisotopic (exact) mass is 577 g/mol. The second-order valence-corrected chi connectivity index (χ2v) is 12.9. The van der Waals surface area contributed by atoms with Gasteiger partial charge in [-0.05, 0) is 51.5 Å². The Morgan fingerprint density at radius 2 is 1.83 bits per heavy atom. The SMILES string of the molecule is CC1(O)CCC(Nc2cc(Nc3ccnc(-c4cnn(S(=O)(=O)C5CC5)c4)n3)ncc2-c2cnc(CO)cn2)CC1. The van der Waals surface area contributed by atoms with Gasteiger partial charge in [0.05, 0.1) is 59.2 Å². The lowest BCUT2D eigenvalue weighted by Gasteiger charge is -2.34. The quantitative estimate of drug-likeness (QED) is 0.229. The number of aliphatic hydroxyl groups excluding tert-OH is 1. The van der Waals surface area contributed by atoms with Gasteiger partial charge in [-0.25, -0.2) is 23.4 Å². The van der Waals surface area contributed by atoms with Crippen LogP contribution in [0.5, 0.6) is 0 Å². The lowest BCUT2D eigenvalue weighted by atomic mass is 9.83. The minimum atomic E-state index is -3.48. The molecule has 4 aromatic heterocycles. The van der Waals surface area contributed by atoms with Crippen molar-refractivity contribution in [2.45, 2.75) is 68.9 Å². The minimum absolute atomic E-state index is 0.156. The molecular weight excluding hydrogens is 546 g/mol. The maximum atomic E-state index is 12.5. The first-order valence-electron chi connectivity index (χ1n) is 13.5. The van der Waals surface area contributed by atoms with Crippen LogP contribution in [-0.2, 0) is 16.6 Å². The molecule has 214 valence electrons. The number of nitrogens with one attached hydrogen (secondary N) is 2. The van der Waals surface area contributed by atoms with Crippen LogP contribution in [0, 0.1) is 0 Å². The van der Waals surface area contributed by atoms with E-state index in [9.17, 15) is 18.6 Å². The van der Waals surface area contributed by atoms with Crippen LogP contribution in [0.2, 0.25) is 0 Å². The van der Waals surface area contributed by atoms with E-state index in [1.807, 2.05) is 13.0 Å². The highest BCUT2D eigenvalue weighted by molar-refractivity contribution is 7.90. The second-order valence-electron chi connectivity index (χ2n) is 10.8. The van der Waals surface area contributed by atoms with Crippen molar-refractivity contribution in [1.82, 2.24) is 34.1 Å². The Kier molecular flexibility index (Phi) is 7.13. The van der Waals surface area contributed by atoms with Crippen LogP contribution >= 0.6 is 0 Å². The number of hydrogen-bond donors (Lipinski definition) is 4. The maximum Gasteiger partial charge on any atom is 0.256 e. The number of aliphatic hydroxyl groups is 2. The summed E-state index contributed by atoms with van der Waals surface area (Å²) in [6.45, 7) is 1.67. The summed E-state index contributed by atoms with van der Waals surface area (Å²) in [5.41, 5.74) is 2.45. The molecule has 0 aromatic carbocycles. The number of aromatic nitrogens is 7. The van der Waals surface area contributed by atoms with Crippen molar-refractivity contribution in [2.24, 2.45) is 0 Å². The molecule has 0 saturated heterocycles. The van der Waals surface area contributed by atoms with Gasteiger partial charge in [-0.15, -0.1) is 0 Å². The van der Waals surface area contributed by atoms with Gasteiger partial charge >= 0.3 is 0 Å². The summed E-state index contributed by atoms with van der Waals surface area (Å²) in [6, 6.07) is 3.72. The standard InChI is InChI=1S/C27H31N9O4S/c1-27(38)7-4-18(5-8-27)33-22-10-25(31-13-21(22)23-14-29-19(16-37)12-30-23)34-24-6-9-28-26(35-24)17-11-32-36(15-17)41(39,40)20-2-3-20/h6,9-15,18,20,37-38H,2-5,7-8,16H2,1H3,(H2,28,31,33,34,35). The number of pyridine rings is 1. The predicted octanol–water partition coefficient (Wildman–Crippen LogP) is 2.87. The van der Waals surface area contributed by atoms with Gasteiger partial charge in [-0.2, -0.15) is 9.19 Å². The molecule has 2 aliphatic carbocycles. The Balaban J connectivity index is 1.26. The molecule has 4 heterocycles. The molecule has 41 heavy (non-hydrogen) atoms. The summed E-state index contributed by atoms with van der Waals surface area (Å²) >= 11 is 0. The van der Waals surface area contributed by atoms with Crippen LogP contribution in [0.25, 0.3) is 22.6 Å². The van der Waals surface area contributed by atoms with Crippen molar-refractivity contribution < 1.29 is 18.6 Å². The highest BCUT2D eigenvalue weighted by atomic mass is 32.2. The molecule has 0 bridgehead atoms. The zero-order chi connectivity index (χ0) is 28.6. The van der Waals surface area contributed by atoms with Crippen LogP contribution in [0.1, 0.15) is 51.1 Å². The minimum Gasteiger partial charge on any atom is -0.390 e. The summed E-state index contributed by atoms with van der Waals surface area (Å²) in [7, 11) is -3.48.